The summed E-state index contributed by atoms with van der Waals surface area (Å²) in [5.41, 5.74) is 0.928. The van der Waals surface area contributed by atoms with Crippen LogP contribution in [0.3, 0.4) is 0 Å². The van der Waals surface area contributed by atoms with Crippen LogP contribution in [0.25, 0.3) is 11.7 Å². The Balaban J connectivity index is 1.32. The second-order valence-corrected chi connectivity index (χ2v) is 6.81. The van der Waals surface area contributed by atoms with Gasteiger partial charge in [-0.2, -0.15) is 0 Å². The third-order valence-electron chi connectivity index (χ3n) is 3.69. The van der Waals surface area contributed by atoms with Crippen molar-refractivity contribution in [3.05, 3.63) is 42.2 Å². The minimum absolute atomic E-state index is 0.134. The van der Waals surface area contributed by atoms with Gasteiger partial charge in [0.1, 0.15) is 0 Å². The zero-order chi connectivity index (χ0) is 17.9. The zero-order valence-corrected chi connectivity index (χ0v) is 14.6. The lowest BCUT2D eigenvalue weighted by atomic mass is 10.2. The number of hydrogen-bond donors (Lipinski definition) is 1. The molecule has 134 valence electrons. The van der Waals surface area contributed by atoms with Crippen LogP contribution in [0.2, 0.25) is 0 Å². The van der Waals surface area contributed by atoms with Gasteiger partial charge in [-0.1, -0.05) is 17.8 Å². The maximum atomic E-state index is 12.3. The van der Waals surface area contributed by atoms with Crippen molar-refractivity contribution in [1.29, 1.82) is 0 Å². The van der Waals surface area contributed by atoms with E-state index in [1.807, 2.05) is 18.2 Å². The highest BCUT2D eigenvalue weighted by Gasteiger charge is 2.20. The molecule has 0 radical (unpaired) electrons. The molecule has 3 aromatic rings. The average molecular weight is 373 g/mol. The lowest BCUT2D eigenvalue weighted by molar-refractivity contribution is -0.120. The quantitative estimate of drug-likeness (QED) is 0.659. The third-order valence-corrected chi connectivity index (χ3v) is 4.62. The zero-order valence-electron chi connectivity index (χ0n) is 13.8. The number of furan rings is 1. The van der Waals surface area contributed by atoms with Crippen LogP contribution >= 0.6 is 11.8 Å². The van der Waals surface area contributed by atoms with Gasteiger partial charge in [0.25, 0.3) is 11.1 Å². The molecule has 1 atom stereocenters. The molecule has 1 amide bonds. The van der Waals surface area contributed by atoms with Gasteiger partial charge in [0, 0.05) is 6.54 Å². The van der Waals surface area contributed by atoms with Gasteiger partial charge >= 0.3 is 0 Å². The molecular weight excluding hydrogens is 358 g/mol. The first kappa shape index (κ1) is 16.5. The fourth-order valence-corrected chi connectivity index (χ4v) is 3.05. The Hall–Kier alpha value is -2.94. The molecule has 1 aromatic carbocycles. The topological polar surface area (TPSA) is 99.6 Å². The van der Waals surface area contributed by atoms with Gasteiger partial charge in [0.05, 0.1) is 11.5 Å². The summed E-state index contributed by atoms with van der Waals surface area (Å²) in [6.07, 6.45) is 1.53. The van der Waals surface area contributed by atoms with E-state index in [4.69, 9.17) is 18.3 Å². The average Bonchev–Trinajstić information content (AvgIpc) is 3.39. The van der Waals surface area contributed by atoms with Crippen LogP contribution < -0.4 is 14.8 Å². The maximum absolute atomic E-state index is 12.3. The summed E-state index contributed by atoms with van der Waals surface area (Å²) in [5.74, 6) is 2.04. The Morgan fingerprint density at radius 1 is 1.27 bits per heavy atom. The van der Waals surface area contributed by atoms with E-state index in [1.54, 1.807) is 19.1 Å². The number of aromatic nitrogens is 2. The van der Waals surface area contributed by atoms with Gasteiger partial charge < -0.3 is 23.6 Å². The lowest BCUT2D eigenvalue weighted by Crippen LogP contribution is -2.30. The number of carbonyl (C=O) groups excluding carboxylic acids is 1. The number of amides is 1. The van der Waals surface area contributed by atoms with E-state index in [0.717, 1.165) is 5.56 Å². The summed E-state index contributed by atoms with van der Waals surface area (Å²) in [7, 11) is 0. The first-order chi connectivity index (χ1) is 12.7. The van der Waals surface area contributed by atoms with Gasteiger partial charge in [0.15, 0.2) is 17.3 Å². The van der Waals surface area contributed by atoms with E-state index in [-0.39, 0.29) is 18.6 Å². The summed E-state index contributed by atoms with van der Waals surface area (Å²) < 4.78 is 21.3. The molecule has 9 heteroatoms. The molecule has 0 bridgehead atoms. The van der Waals surface area contributed by atoms with Crippen molar-refractivity contribution in [2.75, 3.05) is 6.79 Å². The molecule has 2 aromatic heterocycles. The normalized spacial score (nSPS) is 13.6. The largest absolute Gasteiger partial charge is 0.459 e. The fourth-order valence-electron chi connectivity index (χ4n) is 2.35. The van der Waals surface area contributed by atoms with E-state index in [0.29, 0.717) is 29.0 Å². The van der Waals surface area contributed by atoms with Crippen molar-refractivity contribution in [2.24, 2.45) is 0 Å². The Morgan fingerprint density at radius 3 is 3.00 bits per heavy atom. The van der Waals surface area contributed by atoms with E-state index in [1.165, 1.54) is 18.0 Å². The van der Waals surface area contributed by atoms with Crippen molar-refractivity contribution >= 4 is 17.7 Å². The first-order valence-electron chi connectivity index (χ1n) is 7.89. The minimum atomic E-state index is -0.395. The van der Waals surface area contributed by atoms with Crippen LogP contribution in [-0.2, 0) is 11.3 Å². The summed E-state index contributed by atoms with van der Waals surface area (Å²) in [4.78, 5) is 12.3. The fraction of sp³-hybridized carbons (Fsp3) is 0.235. The Labute approximate surface area is 152 Å². The predicted octanol–water partition coefficient (Wildman–Crippen LogP) is 2.86. The van der Waals surface area contributed by atoms with Gasteiger partial charge in [-0.15, -0.1) is 10.2 Å². The van der Waals surface area contributed by atoms with Crippen LogP contribution in [0.4, 0.5) is 0 Å². The molecule has 1 aliphatic rings. The summed E-state index contributed by atoms with van der Waals surface area (Å²) in [6, 6.07) is 9.03. The molecule has 0 aliphatic carbocycles. The monoisotopic (exact) mass is 373 g/mol. The van der Waals surface area contributed by atoms with Crippen LogP contribution in [-0.4, -0.2) is 28.1 Å². The molecule has 8 nitrogen and oxygen atoms in total. The number of hydrogen-bond acceptors (Lipinski definition) is 8. The molecule has 1 N–H and O–H groups in total. The second-order valence-electron chi connectivity index (χ2n) is 5.52. The number of fused-ring (bicyclic) bond motifs is 1. The van der Waals surface area contributed by atoms with Gasteiger partial charge in [-0.05, 0) is 36.8 Å². The van der Waals surface area contributed by atoms with Crippen LogP contribution in [0.15, 0.2) is 50.7 Å². The molecule has 26 heavy (non-hydrogen) atoms. The number of nitrogens with zero attached hydrogens (tertiary/aromatic N) is 2. The Bertz CT molecular complexity index is 909. The van der Waals surface area contributed by atoms with E-state index in [2.05, 4.69) is 15.5 Å². The SMILES string of the molecule is C[C@H](Sc1nnc(-c2ccco2)o1)C(=O)NCc1ccc2c(c1)OCO2. The number of thioether (sulfide) groups is 1. The maximum Gasteiger partial charge on any atom is 0.284 e. The van der Waals surface area contributed by atoms with Crippen molar-refractivity contribution < 1.29 is 23.1 Å². The number of benzene rings is 1. The molecule has 0 saturated heterocycles. The van der Waals surface area contributed by atoms with Crippen molar-refractivity contribution in [1.82, 2.24) is 15.5 Å². The molecule has 3 heterocycles. The van der Waals surface area contributed by atoms with Crippen LogP contribution in [0.1, 0.15) is 12.5 Å². The number of carbonyl (C=O) groups is 1. The minimum Gasteiger partial charge on any atom is -0.459 e. The Morgan fingerprint density at radius 2 is 2.15 bits per heavy atom. The predicted molar refractivity (Wildman–Crippen MR) is 91.7 cm³/mol. The molecular formula is C17H15N3O5S. The molecule has 0 unspecified atom stereocenters. The van der Waals surface area contributed by atoms with Crippen LogP contribution in [0.5, 0.6) is 11.5 Å². The van der Waals surface area contributed by atoms with Crippen LogP contribution in [0, 0.1) is 0 Å². The number of rotatable bonds is 6. The van der Waals surface area contributed by atoms with E-state index < -0.39 is 5.25 Å². The van der Waals surface area contributed by atoms with E-state index in [9.17, 15) is 4.79 Å². The van der Waals surface area contributed by atoms with Crippen molar-refractivity contribution in [3.8, 4) is 23.1 Å². The summed E-state index contributed by atoms with van der Waals surface area (Å²) >= 11 is 1.19. The molecule has 1 aliphatic heterocycles. The molecule has 4 rings (SSSR count). The summed E-state index contributed by atoms with van der Waals surface area (Å²) in [5, 5.41) is 10.6. The van der Waals surface area contributed by atoms with E-state index >= 15 is 0 Å². The highest BCUT2D eigenvalue weighted by atomic mass is 32.2. The van der Waals surface area contributed by atoms with Gasteiger partial charge in [-0.25, -0.2) is 0 Å². The lowest BCUT2D eigenvalue weighted by Gasteiger charge is -2.10. The smallest absolute Gasteiger partial charge is 0.284 e. The van der Waals surface area contributed by atoms with Gasteiger partial charge in [0.2, 0.25) is 12.7 Å². The Kier molecular flexibility index (Phi) is 4.53. The standard InChI is InChI=1S/C17H15N3O5S/c1-10(26-17-20-19-16(25-17)13-3-2-6-22-13)15(21)18-8-11-4-5-12-14(7-11)24-9-23-12/h2-7,10H,8-9H2,1H3,(H,18,21)/t10-/m0/s1. The first-order valence-corrected chi connectivity index (χ1v) is 8.77. The highest BCUT2D eigenvalue weighted by molar-refractivity contribution is 8.00. The number of nitrogens with one attached hydrogen (secondary N) is 1. The molecule has 0 saturated carbocycles. The molecule has 0 fully saturated rings. The summed E-state index contributed by atoms with van der Waals surface area (Å²) in [6.45, 7) is 2.39. The third kappa shape index (κ3) is 3.52. The molecule has 0 spiro atoms. The van der Waals surface area contributed by atoms with Gasteiger partial charge in [-0.3, -0.25) is 4.79 Å². The van der Waals surface area contributed by atoms with Crippen molar-refractivity contribution in [2.45, 2.75) is 23.9 Å². The number of ether oxygens (including phenoxy) is 2. The second kappa shape index (κ2) is 7.12. The van der Waals surface area contributed by atoms with Crippen molar-refractivity contribution in [3.63, 3.8) is 0 Å². The highest BCUT2D eigenvalue weighted by Crippen LogP contribution is 2.32.